The van der Waals surface area contributed by atoms with Crippen molar-refractivity contribution in [2.24, 2.45) is 0 Å². The fourth-order valence-electron chi connectivity index (χ4n) is 3.96. The molecule has 6 nitrogen and oxygen atoms in total. The lowest BCUT2D eigenvalue weighted by atomic mass is 9.84. The number of aryl methyl sites for hydroxylation is 1. The number of carbonyl (C=O) groups is 2. The number of rotatable bonds is 1. The maximum Gasteiger partial charge on any atom is 0.289 e. The molecule has 0 radical (unpaired) electrons. The Morgan fingerprint density at radius 3 is 2.74 bits per heavy atom. The summed E-state index contributed by atoms with van der Waals surface area (Å²) in [4.78, 5) is 38.7. The van der Waals surface area contributed by atoms with Crippen LogP contribution in [0.3, 0.4) is 0 Å². The number of ketones is 1. The lowest BCUT2D eigenvalue weighted by molar-refractivity contribution is 0.0298. The summed E-state index contributed by atoms with van der Waals surface area (Å²) in [7, 11) is 0. The van der Waals surface area contributed by atoms with Gasteiger partial charge in [-0.2, -0.15) is 0 Å². The van der Waals surface area contributed by atoms with E-state index in [1.54, 1.807) is 17.9 Å². The molecular weight excluding hydrogens is 346 g/mol. The first-order valence-corrected chi connectivity index (χ1v) is 9.18. The van der Waals surface area contributed by atoms with Crippen molar-refractivity contribution in [1.82, 2.24) is 4.90 Å². The number of hydrogen-bond acceptors (Lipinski definition) is 5. The number of benzene rings is 1. The highest BCUT2D eigenvalue weighted by Crippen LogP contribution is 2.39. The number of amides is 1. The van der Waals surface area contributed by atoms with Crippen LogP contribution in [0.5, 0.6) is 5.75 Å². The van der Waals surface area contributed by atoms with Crippen molar-refractivity contribution in [2.45, 2.75) is 38.2 Å². The van der Waals surface area contributed by atoms with Gasteiger partial charge in [-0.05, 0) is 31.9 Å². The number of nitrogens with zero attached hydrogens (tertiary/aromatic N) is 1. The molecule has 1 spiro atoms. The van der Waals surface area contributed by atoms with Crippen LogP contribution in [0.4, 0.5) is 0 Å². The minimum atomic E-state index is -0.575. The third-order valence-corrected chi connectivity index (χ3v) is 5.28. The summed E-state index contributed by atoms with van der Waals surface area (Å²) in [5.74, 6) is 0.881. The van der Waals surface area contributed by atoms with Crippen LogP contribution < -0.4 is 10.2 Å². The Kier molecular flexibility index (Phi) is 4.34. The summed E-state index contributed by atoms with van der Waals surface area (Å²) in [5.41, 5.74) is -0.193. The molecule has 140 valence electrons. The molecule has 2 aliphatic rings. The van der Waals surface area contributed by atoms with E-state index in [1.165, 1.54) is 12.1 Å². The Morgan fingerprint density at radius 1 is 1.11 bits per heavy atom. The van der Waals surface area contributed by atoms with Gasteiger partial charge in [0.25, 0.3) is 5.91 Å². The molecule has 1 unspecified atom stereocenters. The normalized spacial score (nSPS) is 22.1. The number of para-hydroxylation sites is 1. The summed E-state index contributed by atoms with van der Waals surface area (Å²) in [6.45, 7) is 2.64. The SMILES string of the molecule is Cc1cc(=O)cc(C(=O)N2CCCC3(CC2)CC(=O)c2ccccc2O3)o1. The predicted molar refractivity (Wildman–Crippen MR) is 98.2 cm³/mol. The van der Waals surface area contributed by atoms with Gasteiger partial charge in [0.1, 0.15) is 17.1 Å². The Balaban J connectivity index is 1.54. The van der Waals surface area contributed by atoms with Crippen LogP contribution in [0.2, 0.25) is 0 Å². The molecular formula is C21H21NO5. The number of fused-ring (bicyclic) bond motifs is 1. The number of hydrogen-bond donors (Lipinski definition) is 0. The van der Waals surface area contributed by atoms with E-state index in [0.717, 1.165) is 6.42 Å². The molecule has 1 aromatic heterocycles. The van der Waals surface area contributed by atoms with E-state index < -0.39 is 5.60 Å². The van der Waals surface area contributed by atoms with Crippen molar-refractivity contribution in [2.75, 3.05) is 13.1 Å². The predicted octanol–water partition coefficient (Wildman–Crippen LogP) is 2.98. The zero-order valence-corrected chi connectivity index (χ0v) is 15.2. The van der Waals surface area contributed by atoms with Gasteiger partial charge < -0.3 is 14.1 Å². The molecule has 0 aliphatic carbocycles. The van der Waals surface area contributed by atoms with Crippen LogP contribution >= 0.6 is 0 Å². The summed E-state index contributed by atoms with van der Waals surface area (Å²) in [6.07, 6.45) is 2.31. The van der Waals surface area contributed by atoms with E-state index in [0.29, 0.717) is 49.4 Å². The van der Waals surface area contributed by atoms with Crippen molar-refractivity contribution in [1.29, 1.82) is 0 Å². The lowest BCUT2D eigenvalue weighted by Crippen LogP contribution is -2.43. The quantitative estimate of drug-likeness (QED) is 0.774. The number of ether oxygens (including phenoxy) is 1. The van der Waals surface area contributed by atoms with Gasteiger partial charge >= 0.3 is 0 Å². The number of carbonyl (C=O) groups excluding carboxylic acids is 2. The average molecular weight is 367 g/mol. The van der Waals surface area contributed by atoms with E-state index in [9.17, 15) is 14.4 Å². The van der Waals surface area contributed by atoms with Gasteiger partial charge in [-0.25, -0.2) is 0 Å². The number of likely N-dealkylation sites (tertiary alicyclic amines) is 1. The van der Waals surface area contributed by atoms with E-state index in [-0.39, 0.29) is 22.9 Å². The minimum Gasteiger partial charge on any atom is -0.486 e. The second-order valence-corrected chi connectivity index (χ2v) is 7.29. The first kappa shape index (κ1) is 17.5. The van der Waals surface area contributed by atoms with Crippen LogP contribution in [0.25, 0.3) is 0 Å². The Labute approximate surface area is 156 Å². The van der Waals surface area contributed by atoms with Crippen LogP contribution in [0, 0.1) is 6.92 Å². The van der Waals surface area contributed by atoms with E-state index in [1.807, 2.05) is 18.2 Å². The first-order chi connectivity index (χ1) is 13.0. The molecule has 0 saturated carbocycles. The molecule has 1 amide bonds. The molecule has 6 heteroatoms. The highest BCUT2D eigenvalue weighted by molar-refractivity contribution is 6.00. The molecule has 2 aliphatic heterocycles. The summed E-state index contributed by atoms with van der Waals surface area (Å²) < 4.78 is 11.7. The van der Waals surface area contributed by atoms with Crippen molar-refractivity contribution in [3.8, 4) is 5.75 Å². The van der Waals surface area contributed by atoms with Gasteiger partial charge in [-0.15, -0.1) is 0 Å². The van der Waals surface area contributed by atoms with Gasteiger partial charge in [-0.1, -0.05) is 12.1 Å². The Morgan fingerprint density at radius 2 is 1.93 bits per heavy atom. The van der Waals surface area contributed by atoms with Crippen LogP contribution in [0.15, 0.2) is 45.6 Å². The molecule has 4 rings (SSSR count). The van der Waals surface area contributed by atoms with Gasteiger partial charge in [0.2, 0.25) is 0 Å². The van der Waals surface area contributed by atoms with Gasteiger partial charge in [-0.3, -0.25) is 14.4 Å². The van der Waals surface area contributed by atoms with Gasteiger partial charge in [0.15, 0.2) is 17.0 Å². The molecule has 27 heavy (non-hydrogen) atoms. The largest absolute Gasteiger partial charge is 0.486 e. The van der Waals surface area contributed by atoms with E-state index in [4.69, 9.17) is 9.15 Å². The van der Waals surface area contributed by atoms with Crippen LogP contribution in [-0.4, -0.2) is 35.3 Å². The third-order valence-electron chi connectivity index (χ3n) is 5.28. The third kappa shape index (κ3) is 3.39. The molecule has 2 aromatic rings. The number of Topliss-reactive ketones (excluding diaryl/α,β-unsaturated/α-hetero) is 1. The Hall–Kier alpha value is -2.89. The zero-order valence-electron chi connectivity index (χ0n) is 15.2. The van der Waals surface area contributed by atoms with Crippen LogP contribution in [-0.2, 0) is 0 Å². The van der Waals surface area contributed by atoms with Crippen molar-refractivity contribution < 1.29 is 18.7 Å². The Bertz CT molecular complexity index is 963. The average Bonchev–Trinajstić information content (AvgIpc) is 2.83. The molecule has 1 fully saturated rings. The van der Waals surface area contributed by atoms with Crippen molar-refractivity contribution in [3.63, 3.8) is 0 Å². The lowest BCUT2D eigenvalue weighted by Gasteiger charge is -2.37. The highest BCUT2D eigenvalue weighted by atomic mass is 16.5. The molecule has 3 heterocycles. The fourth-order valence-corrected chi connectivity index (χ4v) is 3.96. The molecule has 1 atom stereocenters. The molecule has 0 bridgehead atoms. The van der Waals surface area contributed by atoms with Crippen LogP contribution in [0.1, 0.15) is 52.4 Å². The fraction of sp³-hybridized carbons (Fsp3) is 0.381. The van der Waals surface area contributed by atoms with E-state index in [2.05, 4.69) is 0 Å². The second-order valence-electron chi connectivity index (χ2n) is 7.29. The molecule has 1 saturated heterocycles. The van der Waals surface area contributed by atoms with Gasteiger partial charge in [0, 0.05) is 31.6 Å². The first-order valence-electron chi connectivity index (χ1n) is 9.18. The molecule has 1 aromatic carbocycles. The maximum absolute atomic E-state index is 12.8. The zero-order chi connectivity index (χ0) is 19.0. The monoisotopic (exact) mass is 367 g/mol. The van der Waals surface area contributed by atoms with Crippen molar-refractivity contribution in [3.05, 3.63) is 63.7 Å². The molecule has 0 N–H and O–H groups in total. The standard InChI is InChI=1S/C21H21NO5/c1-14-11-15(23)12-19(26-14)20(25)22-9-4-7-21(8-10-22)13-17(24)16-5-2-3-6-18(16)27-21/h2-3,5-6,11-12H,4,7-10,13H2,1H3. The second kappa shape index (κ2) is 6.68. The van der Waals surface area contributed by atoms with Gasteiger partial charge in [0.05, 0.1) is 12.0 Å². The van der Waals surface area contributed by atoms with Crippen molar-refractivity contribution >= 4 is 11.7 Å². The highest BCUT2D eigenvalue weighted by Gasteiger charge is 2.42. The summed E-state index contributed by atoms with van der Waals surface area (Å²) >= 11 is 0. The minimum absolute atomic E-state index is 0.0573. The van der Waals surface area contributed by atoms with E-state index >= 15 is 0 Å². The summed E-state index contributed by atoms with van der Waals surface area (Å²) in [6, 6.07) is 9.89. The topological polar surface area (TPSA) is 76.8 Å². The smallest absolute Gasteiger partial charge is 0.289 e. The maximum atomic E-state index is 12.8. The summed E-state index contributed by atoms with van der Waals surface area (Å²) in [5, 5.41) is 0.